The summed E-state index contributed by atoms with van der Waals surface area (Å²) in [5, 5.41) is 3.42. The molecule has 0 bridgehead atoms. The summed E-state index contributed by atoms with van der Waals surface area (Å²) in [6.07, 6.45) is 0. The molecule has 1 aromatic rings. The molecule has 0 fully saturated rings. The fourth-order valence-electron chi connectivity index (χ4n) is 1.73. The van der Waals surface area contributed by atoms with E-state index < -0.39 is 0 Å². The summed E-state index contributed by atoms with van der Waals surface area (Å²) in [5.74, 6) is 2.21. The zero-order valence-electron chi connectivity index (χ0n) is 14.1. The highest BCUT2D eigenvalue weighted by Crippen LogP contribution is 2.24. The Morgan fingerprint density at radius 1 is 1.25 bits per heavy atom. The molecular formula is C16H30N4. The van der Waals surface area contributed by atoms with Gasteiger partial charge in [-0.1, -0.05) is 41.5 Å². The van der Waals surface area contributed by atoms with Gasteiger partial charge in [0.2, 0.25) is 0 Å². The van der Waals surface area contributed by atoms with E-state index in [1.165, 1.54) is 0 Å². The van der Waals surface area contributed by atoms with Crippen LogP contribution in [0.2, 0.25) is 0 Å². The highest BCUT2D eigenvalue weighted by molar-refractivity contribution is 5.38. The summed E-state index contributed by atoms with van der Waals surface area (Å²) in [4.78, 5) is 11.6. The van der Waals surface area contributed by atoms with Crippen molar-refractivity contribution in [2.24, 2.45) is 0 Å². The van der Waals surface area contributed by atoms with E-state index in [2.05, 4.69) is 69.9 Å². The van der Waals surface area contributed by atoms with Crippen LogP contribution in [0.25, 0.3) is 0 Å². The Bertz CT molecular complexity index is 421. The zero-order chi connectivity index (χ0) is 15.3. The molecule has 0 radical (unpaired) electrons. The largest absolute Gasteiger partial charge is 0.369 e. The number of hydrogen-bond acceptors (Lipinski definition) is 4. The summed E-state index contributed by atoms with van der Waals surface area (Å²) in [6, 6.07) is 2.08. The van der Waals surface area contributed by atoms with Gasteiger partial charge >= 0.3 is 0 Å². The van der Waals surface area contributed by atoms with Crippen molar-refractivity contribution in [2.75, 3.05) is 32.0 Å². The van der Waals surface area contributed by atoms with Crippen LogP contribution in [-0.2, 0) is 5.41 Å². The first-order chi connectivity index (χ1) is 9.24. The average Bonchev–Trinajstić information content (AvgIpc) is 2.37. The van der Waals surface area contributed by atoms with Crippen LogP contribution in [0.5, 0.6) is 0 Å². The fourth-order valence-corrected chi connectivity index (χ4v) is 1.73. The van der Waals surface area contributed by atoms with Crippen molar-refractivity contribution in [2.45, 2.75) is 52.9 Å². The third-order valence-corrected chi connectivity index (χ3v) is 3.37. The van der Waals surface area contributed by atoms with Crippen LogP contribution in [-0.4, -0.2) is 41.5 Å². The van der Waals surface area contributed by atoms with E-state index in [0.29, 0.717) is 5.92 Å². The van der Waals surface area contributed by atoms with Gasteiger partial charge in [-0.05, 0) is 13.6 Å². The van der Waals surface area contributed by atoms with Crippen LogP contribution in [0.15, 0.2) is 6.07 Å². The van der Waals surface area contributed by atoms with Crippen molar-refractivity contribution < 1.29 is 0 Å². The molecule has 0 amide bonds. The molecule has 1 aromatic heterocycles. The average molecular weight is 278 g/mol. The smallest absolute Gasteiger partial charge is 0.133 e. The lowest BCUT2D eigenvalue weighted by atomic mass is 9.91. The molecule has 0 aliphatic rings. The number of nitrogens with zero attached hydrogens (tertiary/aromatic N) is 3. The quantitative estimate of drug-likeness (QED) is 0.867. The molecule has 1 N–H and O–H groups in total. The van der Waals surface area contributed by atoms with Gasteiger partial charge in [0.25, 0.3) is 0 Å². The topological polar surface area (TPSA) is 41.0 Å². The Hall–Kier alpha value is -1.16. The van der Waals surface area contributed by atoms with E-state index in [4.69, 9.17) is 4.98 Å². The Labute approximate surface area is 124 Å². The molecule has 0 saturated heterocycles. The van der Waals surface area contributed by atoms with Gasteiger partial charge in [0.05, 0.1) is 5.69 Å². The maximum atomic E-state index is 4.70. The van der Waals surface area contributed by atoms with Crippen LogP contribution < -0.4 is 5.32 Å². The van der Waals surface area contributed by atoms with E-state index in [1.807, 2.05) is 0 Å². The Morgan fingerprint density at radius 2 is 1.90 bits per heavy atom. The lowest BCUT2D eigenvalue weighted by Crippen LogP contribution is -2.25. The monoisotopic (exact) mass is 278 g/mol. The molecule has 0 aliphatic heterocycles. The van der Waals surface area contributed by atoms with Crippen LogP contribution in [0, 0.1) is 0 Å². The second-order valence-electron chi connectivity index (χ2n) is 6.72. The molecule has 114 valence electrons. The number of aromatic nitrogens is 2. The lowest BCUT2D eigenvalue weighted by Gasteiger charge is -2.21. The van der Waals surface area contributed by atoms with Gasteiger partial charge in [-0.3, -0.25) is 0 Å². The van der Waals surface area contributed by atoms with Crippen molar-refractivity contribution in [3.8, 4) is 0 Å². The number of likely N-dealkylation sites (N-methyl/N-ethyl adjacent to an activating group) is 1. The standard InChI is InChI=1S/C16H30N4/c1-8-20(7)10-9-17-14-11-13(16(4,5)6)18-15(19-14)12(2)3/h11-12H,8-10H2,1-7H3,(H,17,18,19). The summed E-state index contributed by atoms with van der Waals surface area (Å²) < 4.78 is 0. The van der Waals surface area contributed by atoms with Gasteiger partial charge in [-0.2, -0.15) is 0 Å². The molecule has 4 heteroatoms. The minimum Gasteiger partial charge on any atom is -0.369 e. The number of rotatable bonds is 6. The predicted octanol–water partition coefficient (Wildman–Crippen LogP) is 3.26. The van der Waals surface area contributed by atoms with Crippen LogP contribution in [0.4, 0.5) is 5.82 Å². The molecule has 20 heavy (non-hydrogen) atoms. The molecule has 0 aliphatic carbocycles. The van der Waals surface area contributed by atoms with Crippen LogP contribution in [0.3, 0.4) is 0 Å². The van der Waals surface area contributed by atoms with Crippen LogP contribution >= 0.6 is 0 Å². The third-order valence-electron chi connectivity index (χ3n) is 3.37. The van der Waals surface area contributed by atoms with Gasteiger partial charge in [0.15, 0.2) is 0 Å². The summed E-state index contributed by atoms with van der Waals surface area (Å²) >= 11 is 0. The first kappa shape index (κ1) is 16.9. The highest BCUT2D eigenvalue weighted by atomic mass is 15.1. The maximum Gasteiger partial charge on any atom is 0.133 e. The summed E-state index contributed by atoms with van der Waals surface area (Å²) in [5.41, 5.74) is 1.14. The van der Waals surface area contributed by atoms with Crippen molar-refractivity contribution in [3.05, 3.63) is 17.6 Å². The lowest BCUT2D eigenvalue weighted by molar-refractivity contribution is 0.367. The Kier molecular flexibility index (Phi) is 5.93. The van der Waals surface area contributed by atoms with Crippen molar-refractivity contribution in [1.82, 2.24) is 14.9 Å². The van der Waals surface area contributed by atoms with Crippen molar-refractivity contribution in [1.29, 1.82) is 0 Å². The van der Waals surface area contributed by atoms with Crippen molar-refractivity contribution >= 4 is 5.82 Å². The SMILES string of the molecule is CCN(C)CCNc1cc(C(C)(C)C)nc(C(C)C)n1. The Morgan fingerprint density at radius 3 is 2.40 bits per heavy atom. The summed E-state index contributed by atoms with van der Waals surface area (Å²) in [6.45, 7) is 16.0. The molecular weight excluding hydrogens is 248 g/mol. The van der Waals surface area contributed by atoms with Crippen LogP contribution in [0.1, 0.15) is 59.0 Å². The minimum atomic E-state index is 0.0449. The van der Waals surface area contributed by atoms with Crippen molar-refractivity contribution in [3.63, 3.8) is 0 Å². The number of anilines is 1. The van der Waals surface area contributed by atoms with E-state index in [-0.39, 0.29) is 5.41 Å². The van der Waals surface area contributed by atoms with E-state index in [9.17, 15) is 0 Å². The normalized spacial score (nSPS) is 12.2. The first-order valence-electron chi connectivity index (χ1n) is 7.56. The number of hydrogen-bond donors (Lipinski definition) is 1. The van der Waals surface area contributed by atoms with Gasteiger partial charge in [0, 0.05) is 30.5 Å². The maximum absolute atomic E-state index is 4.70. The second kappa shape index (κ2) is 7.02. The van der Waals surface area contributed by atoms with E-state index in [0.717, 1.165) is 37.0 Å². The summed E-state index contributed by atoms with van der Waals surface area (Å²) in [7, 11) is 2.13. The molecule has 1 rings (SSSR count). The zero-order valence-corrected chi connectivity index (χ0v) is 14.1. The van der Waals surface area contributed by atoms with E-state index >= 15 is 0 Å². The third kappa shape index (κ3) is 5.08. The molecule has 0 saturated carbocycles. The molecule has 1 heterocycles. The molecule has 0 atom stereocenters. The highest BCUT2D eigenvalue weighted by Gasteiger charge is 2.18. The second-order valence-corrected chi connectivity index (χ2v) is 6.72. The Balaban J connectivity index is 2.87. The van der Waals surface area contributed by atoms with Gasteiger partial charge in [-0.25, -0.2) is 9.97 Å². The van der Waals surface area contributed by atoms with Gasteiger partial charge in [0.1, 0.15) is 11.6 Å². The minimum absolute atomic E-state index is 0.0449. The first-order valence-corrected chi connectivity index (χ1v) is 7.56. The van der Waals surface area contributed by atoms with Gasteiger partial charge < -0.3 is 10.2 Å². The van der Waals surface area contributed by atoms with Gasteiger partial charge in [-0.15, -0.1) is 0 Å². The molecule has 0 aromatic carbocycles. The molecule has 4 nitrogen and oxygen atoms in total. The van der Waals surface area contributed by atoms with E-state index in [1.54, 1.807) is 0 Å². The molecule has 0 unspecified atom stereocenters. The fraction of sp³-hybridized carbons (Fsp3) is 0.750. The number of nitrogens with one attached hydrogen (secondary N) is 1. The molecule has 0 spiro atoms. The predicted molar refractivity (Wildman–Crippen MR) is 86.5 cm³/mol.